The van der Waals surface area contributed by atoms with Gasteiger partial charge in [0.25, 0.3) is 0 Å². The monoisotopic (exact) mass is 507 g/mol. The Hall–Kier alpha value is -3.79. The van der Waals surface area contributed by atoms with Crippen molar-refractivity contribution in [1.82, 2.24) is 0 Å². The van der Waals surface area contributed by atoms with Crippen LogP contribution in [-0.4, -0.2) is 25.7 Å². The third-order valence-corrected chi connectivity index (χ3v) is 7.42. The van der Waals surface area contributed by atoms with Gasteiger partial charge in [-0.15, -0.1) is 0 Å². The van der Waals surface area contributed by atoms with Crippen molar-refractivity contribution in [2.24, 2.45) is 0 Å². The summed E-state index contributed by atoms with van der Waals surface area (Å²) >= 11 is 0. The first-order valence-electron chi connectivity index (χ1n) is 14.0. The van der Waals surface area contributed by atoms with E-state index >= 15 is 0 Å². The zero-order valence-corrected chi connectivity index (χ0v) is 22.8. The summed E-state index contributed by atoms with van der Waals surface area (Å²) in [6, 6.07) is 24.9. The second kappa shape index (κ2) is 11.7. The van der Waals surface area contributed by atoms with Gasteiger partial charge in [0.15, 0.2) is 5.75 Å². The van der Waals surface area contributed by atoms with E-state index in [2.05, 4.69) is 67.3 Å². The molecule has 0 atom stereocenters. The van der Waals surface area contributed by atoms with Gasteiger partial charge in [-0.1, -0.05) is 81.3 Å². The van der Waals surface area contributed by atoms with Crippen LogP contribution in [0.15, 0.2) is 72.8 Å². The fourth-order valence-corrected chi connectivity index (χ4v) is 5.44. The molecule has 1 heterocycles. The second-order valence-corrected chi connectivity index (χ2v) is 9.94. The van der Waals surface area contributed by atoms with Crippen LogP contribution in [-0.2, 0) is 11.2 Å². The Morgan fingerprint density at radius 3 is 2.32 bits per heavy atom. The Kier molecular flexibility index (Phi) is 7.97. The zero-order valence-electron chi connectivity index (χ0n) is 22.8. The van der Waals surface area contributed by atoms with E-state index in [-0.39, 0.29) is 5.97 Å². The maximum absolute atomic E-state index is 12.9. The van der Waals surface area contributed by atoms with Crippen LogP contribution in [0.2, 0.25) is 0 Å². The Bertz CT molecular complexity index is 1430. The van der Waals surface area contributed by atoms with Crippen molar-refractivity contribution in [3.63, 3.8) is 0 Å². The normalized spacial score (nSPS) is 12.0. The van der Waals surface area contributed by atoms with Crippen LogP contribution in [0.4, 0.5) is 5.69 Å². The minimum atomic E-state index is -0.295. The average Bonchev–Trinajstić information content (AvgIpc) is 2.96. The molecule has 196 valence electrons. The number of esters is 1. The quantitative estimate of drug-likeness (QED) is 0.177. The summed E-state index contributed by atoms with van der Waals surface area (Å²) in [5.74, 6) is 1.53. The lowest BCUT2D eigenvalue weighted by atomic mass is 9.87. The van der Waals surface area contributed by atoms with Crippen molar-refractivity contribution in [2.45, 2.75) is 52.9 Å². The van der Waals surface area contributed by atoms with Gasteiger partial charge >= 0.3 is 5.97 Å². The molecule has 1 aliphatic heterocycles. The third-order valence-electron chi connectivity index (χ3n) is 7.42. The highest BCUT2D eigenvalue weighted by Crippen LogP contribution is 2.49. The van der Waals surface area contributed by atoms with E-state index in [9.17, 15) is 4.79 Å². The number of hydrogen-bond donors (Lipinski definition) is 0. The Morgan fingerprint density at radius 2 is 1.55 bits per heavy atom. The Labute approximate surface area is 226 Å². The maximum Gasteiger partial charge on any atom is 0.338 e. The first-order chi connectivity index (χ1) is 18.7. The van der Waals surface area contributed by atoms with Crippen molar-refractivity contribution in [3.05, 3.63) is 89.5 Å². The van der Waals surface area contributed by atoms with Gasteiger partial charge in [-0.3, -0.25) is 0 Å². The molecule has 1 aliphatic rings. The lowest BCUT2D eigenvalue weighted by Gasteiger charge is -2.32. The summed E-state index contributed by atoms with van der Waals surface area (Å²) in [4.78, 5) is 15.4. The first kappa shape index (κ1) is 25.8. The number of anilines is 1. The van der Waals surface area contributed by atoms with Gasteiger partial charge < -0.3 is 14.4 Å². The van der Waals surface area contributed by atoms with E-state index < -0.39 is 0 Å². The molecule has 0 saturated heterocycles. The van der Waals surface area contributed by atoms with E-state index in [1.54, 1.807) is 0 Å². The SMILES string of the molecule is CCCCN(CCCC)c1ccc(-c2ccccc2C(=O)OCC)c2c1Oc1ccc3ccccc3c1C2. The molecule has 0 aliphatic carbocycles. The molecule has 5 rings (SSSR count). The van der Waals surface area contributed by atoms with Crippen LogP contribution < -0.4 is 9.64 Å². The van der Waals surface area contributed by atoms with Crippen LogP contribution in [0.3, 0.4) is 0 Å². The van der Waals surface area contributed by atoms with Crippen molar-refractivity contribution < 1.29 is 14.3 Å². The first-order valence-corrected chi connectivity index (χ1v) is 14.0. The van der Waals surface area contributed by atoms with Crippen molar-refractivity contribution in [2.75, 3.05) is 24.6 Å². The smallest absolute Gasteiger partial charge is 0.338 e. The number of fused-ring (bicyclic) bond motifs is 4. The maximum atomic E-state index is 12.9. The molecule has 4 heteroatoms. The van der Waals surface area contributed by atoms with Crippen molar-refractivity contribution in [1.29, 1.82) is 0 Å². The van der Waals surface area contributed by atoms with Gasteiger partial charge in [-0.05, 0) is 59.9 Å². The molecule has 4 nitrogen and oxygen atoms in total. The molecule has 4 aromatic rings. The standard InChI is InChI=1S/C34H37NO3/c1-4-7-21-35(22-8-5-2)31-19-18-27(26-15-11-12-16-28(26)34(36)37-6-3)30-23-29-25-14-10-9-13-24(25)17-20-32(29)38-33(30)31/h9-20H,4-8,21-23H2,1-3H3. The molecule has 38 heavy (non-hydrogen) atoms. The molecule has 0 unspecified atom stereocenters. The van der Waals surface area contributed by atoms with Gasteiger partial charge in [-0.25, -0.2) is 4.79 Å². The van der Waals surface area contributed by atoms with Crippen LogP contribution >= 0.6 is 0 Å². The average molecular weight is 508 g/mol. The predicted octanol–water partition coefficient (Wildman–Crippen LogP) is 8.79. The van der Waals surface area contributed by atoms with Crippen LogP contribution in [0.5, 0.6) is 11.5 Å². The topological polar surface area (TPSA) is 38.8 Å². The minimum Gasteiger partial charge on any atom is -0.462 e. The van der Waals surface area contributed by atoms with E-state index in [0.29, 0.717) is 12.2 Å². The van der Waals surface area contributed by atoms with Crippen molar-refractivity contribution >= 4 is 22.4 Å². The molecule has 0 saturated carbocycles. The lowest BCUT2D eigenvalue weighted by molar-refractivity contribution is 0.0527. The van der Waals surface area contributed by atoms with Crippen molar-refractivity contribution in [3.8, 4) is 22.6 Å². The van der Waals surface area contributed by atoms with E-state index in [1.807, 2.05) is 31.2 Å². The highest BCUT2D eigenvalue weighted by molar-refractivity contribution is 5.99. The number of ether oxygens (including phenoxy) is 2. The molecule has 0 amide bonds. The summed E-state index contributed by atoms with van der Waals surface area (Å²) < 4.78 is 12.2. The predicted molar refractivity (Wildman–Crippen MR) is 157 cm³/mol. The van der Waals surface area contributed by atoms with E-state index in [4.69, 9.17) is 9.47 Å². The Morgan fingerprint density at radius 1 is 0.816 bits per heavy atom. The largest absolute Gasteiger partial charge is 0.462 e. The summed E-state index contributed by atoms with van der Waals surface area (Å²) in [5, 5.41) is 2.41. The number of hydrogen-bond acceptors (Lipinski definition) is 4. The second-order valence-electron chi connectivity index (χ2n) is 9.94. The molecule has 4 aromatic carbocycles. The molecule has 0 radical (unpaired) electrons. The summed E-state index contributed by atoms with van der Waals surface area (Å²) in [6.45, 7) is 8.65. The summed E-state index contributed by atoms with van der Waals surface area (Å²) in [5.41, 5.74) is 5.95. The number of benzene rings is 4. The fraction of sp³-hybridized carbons (Fsp3) is 0.324. The number of carbonyl (C=O) groups is 1. The molecular weight excluding hydrogens is 470 g/mol. The fourth-order valence-electron chi connectivity index (χ4n) is 5.44. The lowest BCUT2D eigenvalue weighted by Crippen LogP contribution is -2.26. The number of rotatable bonds is 10. The molecular formula is C34H37NO3. The zero-order chi connectivity index (χ0) is 26.5. The third kappa shape index (κ3) is 5.00. The molecule has 0 spiro atoms. The highest BCUT2D eigenvalue weighted by atomic mass is 16.5. The number of carbonyl (C=O) groups excluding carboxylic acids is 1. The van der Waals surface area contributed by atoms with Gasteiger partial charge in [0.05, 0.1) is 17.9 Å². The van der Waals surface area contributed by atoms with Gasteiger partial charge in [0, 0.05) is 30.6 Å². The molecule has 0 aromatic heterocycles. The number of nitrogens with zero attached hydrogens (tertiary/aromatic N) is 1. The Balaban J connectivity index is 1.70. The highest BCUT2D eigenvalue weighted by Gasteiger charge is 2.28. The van der Waals surface area contributed by atoms with Crippen LogP contribution in [0, 0.1) is 0 Å². The van der Waals surface area contributed by atoms with Gasteiger partial charge in [0.1, 0.15) is 5.75 Å². The summed E-state index contributed by atoms with van der Waals surface area (Å²) in [7, 11) is 0. The molecule has 0 N–H and O–H groups in total. The molecule has 0 bridgehead atoms. The number of unbranched alkanes of at least 4 members (excludes halogenated alkanes) is 2. The van der Waals surface area contributed by atoms with Crippen LogP contribution in [0.25, 0.3) is 21.9 Å². The van der Waals surface area contributed by atoms with Gasteiger partial charge in [0.2, 0.25) is 0 Å². The minimum absolute atomic E-state index is 0.295. The van der Waals surface area contributed by atoms with E-state index in [0.717, 1.165) is 79.1 Å². The van der Waals surface area contributed by atoms with Crippen LogP contribution in [0.1, 0.15) is 67.9 Å². The van der Waals surface area contributed by atoms with E-state index in [1.165, 1.54) is 16.3 Å². The van der Waals surface area contributed by atoms with Gasteiger partial charge in [-0.2, -0.15) is 0 Å². The molecule has 0 fully saturated rings. The summed E-state index contributed by atoms with van der Waals surface area (Å²) in [6.07, 6.45) is 5.29.